The zero-order valence-corrected chi connectivity index (χ0v) is 20.3. The summed E-state index contributed by atoms with van der Waals surface area (Å²) in [6.07, 6.45) is 1.80. The third kappa shape index (κ3) is 7.85. The molecule has 0 spiro atoms. The number of hydrogen-bond donors (Lipinski definition) is 3. The molecule has 1 heterocycles. The van der Waals surface area contributed by atoms with E-state index in [1.54, 1.807) is 30.3 Å². The summed E-state index contributed by atoms with van der Waals surface area (Å²) in [5.74, 6) is -0.300. The molecule has 1 atom stereocenters. The van der Waals surface area contributed by atoms with Crippen molar-refractivity contribution in [3.05, 3.63) is 54.1 Å². The average molecular weight is 491 g/mol. The van der Waals surface area contributed by atoms with Crippen molar-refractivity contribution in [1.29, 1.82) is 0 Å². The number of sulfonamides is 1. The number of nitrogens with two attached hydrogens (primary N) is 1. The largest absolute Gasteiger partial charge is 0.369 e. The lowest BCUT2D eigenvalue weighted by molar-refractivity contribution is -0.118. The second-order valence-corrected chi connectivity index (χ2v) is 11.0. The summed E-state index contributed by atoms with van der Waals surface area (Å²) in [7, 11) is -3.56. The third-order valence-corrected chi connectivity index (χ3v) is 7.93. The van der Waals surface area contributed by atoms with Gasteiger partial charge >= 0.3 is 0 Å². The Hall–Kier alpha value is -2.40. The Morgan fingerprint density at radius 2 is 1.88 bits per heavy atom. The highest BCUT2D eigenvalue weighted by atomic mass is 32.2. The van der Waals surface area contributed by atoms with E-state index in [-0.39, 0.29) is 29.0 Å². The van der Waals surface area contributed by atoms with E-state index in [1.165, 1.54) is 11.8 Å². The van der Waals surface area contributed by atoms with Crippen LogP contribution in [0.15, 0.2) is 58.3 Å². The van der Waals surface area contributed by atoms with Crippen LogP contribution < -0.4 is 15.8 Å². The topological polar surface area (TPSA) is 122 Å². The van der Waals surface area contributed by atoms with Crippen LogP contribution in [0.3, 0.4) is 0 Å². The van der Waals surface area contributed by atoms with Crippen molar-refractivity contribution in [2.45, 2.75) is 29.6 Å². The highest BCUT2D eigenvalue weighted by Gasteiger charge is 2.24. The molecule has 0 saturated carbocycles. The quantitative estimate of drug-likeness (QED) is 0.439. The van der Waals surface area contributed by atoms with E-state index in [0.717, 1.165) is 29.8 Å². The lowest BCUT2D eigenvalue weighted by Gasteiger charge is -2.32. The summed E-state index contributed by atoms with van der Waals surface area (Å²) >= 11 is 1.28. The maximum Gasteiger partial charge on any atom is 0.240 e. The highest BCUT2D eigenvalue weighted by Crippen LogP contribution is 2.27. The fraction of sp³-hybridized carbons (Fsp3) is 0.391. The predicted octanol–water partition coefficient (Wildman–Crippen LogP) is 2.20. The Balaban J connectivity index is 1.51. The van der Waals surface area contributed by atoms with Crippen LogP contribution in [0.2, 0.25) is 0 Å². The van der Waals surface area contributed by atoms with Crippen molar-refractivity contribution in [2.24, 2.45) is 11.7 Å². The van der Waals surface area contributed by atoms with Gasteiger partial charge in [-0.3, -0.25) is 14.5 Å². The van der Waals surface area contributed by atoms with E-state index in [4.69, 9.17) is 5.73 Å². The fourth-order valence-corrected chi connectivity index (χ4v) is 5.59. The van der Waals surface area contributed by atoms with Crippen molar-refractivity contribution in [3.63, 3.8) is 0 Å². The van der Waals surface area contributed by atoms with Gasteiger partial charge in [-0.25, -0.2) is 13.1 Å². The van der Waals surface area contributed by atoms with E-state index in [0.29, 0.717) is 18.8 Å². The number of anilines is 1. The monoisotopic (exact) mass is 490 g/mol. The number of carbonyl (C=O) groups excluding carboxylic acids is 2. The first kappa shape index (κ1) is 25.2. The molecule has 0 bridgehead atoms. The van der Waals surface area contributed by atoms with Gasteiger partial charge in [0.25, 0.3) is 0 Å². The summed E-state index contributed by atoms with van der Waals surface area (Å²) in [5.41, 5.74) is 6.87. The summed E-state index contributed by atoms with van der Waals surface area (Å²) in [6, 6.07) is 14.1. The van der Waals surface area contributed by atoms with Gasteiger partial charge in [-0.05, 0) is 56.5 Å². The van der Waals surface area contributed by atoms with Gasteiger partial charge in [0.1, 0.15) is 0 Å². The predicted molar refractivity (Wildman–Crippen MR) is 131 cm³/mol. The molecular weight excluding hydrogens is 460 g/mol. The zero-order chi connectivity index (χ0) is 23.8. The van der Waals surface area contributed by atoms with Gasteiger partial charge in [0.2, 0.25) is 21.8 Å². The van der Waals surface area contributed by atoms with Crippen LogP contribution in [0.5, 0.6) is 0 Å². The van der Waals surface area contributed by atoms with Gasteiger partial charge in [0.05, 0.1) is 22.9 Å². The zero-order valence-electron chi connectivity index (χ0n) is 18.6. The van der Waals surface area contributed by atoms with Gasteiger partial charge in [-0.15, -0.1) is 11.8 Å². The molecule has 3 rings (SSSR count). The molecule has 2 aromatic rings. The molecule has 0 radical (unpaired) electrons. The number of likely N-dealkylation sites (tertiary alicyclic amines) is 1. The summed E-state index contributed by atoms with van der Waals surface area (Å²) in [6.45, 7) is 3.89. The first-order valence-electron chi connectivity index (χ1n) is 10.8. The van der Waals surface area contributed by atoms with Crippen molar-refractivity contribution in [2.75, 3.05) is 37.2 Å². The molecule has 33 heavy (non-hydrogen) atoms. The molecule has 2 amide bonds. The minimum atomic E-state index is -3.56. The highest BCUT2D eigenvalue weighted by molar-refractivity contribution is 8.00. The van der Waals surface area contributed by atoms with Crippen LogP contribution >= 0.6 is 11.8 Å². The number of rotatable bonds is 10. The second-order valence-electron chi connectivity index (χ2n) is 8.21. The Labute approximate surface area is 199 Å². The minimum Gasteiger partial charge on any atom is -0.369 e. The third-order valence-electron chi connectivity index (χ3n) is 5.39. The molecule has 10 heteroatoms. The Bertz CT molecular complexity index is 1070. The number of amides is 2. The number of aryl methyl sites for hydroxylation is 1. The number of para-hydroxylation sites is 1. The Morgan fingerprint density at radius 3 is 2.61 bits per heavy atom. The number of nitrogens with one attached hydrogen (secondary N) is 2. The van der Waals surface area contributed by atoms with Crippen molar-refractivity contribution >= 4 is 39.3 Å². The first-order valence-corrected chi connectivity index (χ1v) is 13.3. The van der Waals surface area contributed by atoms with Crippen molar-refractivity contribution in [1.82, 2.24) is 9.62 Å². The number of carbonyl (C=O) groups is 2. The Morgan fingerprint density at radius 1 is 1.15 bits per heavy atom. The summed E-state index contributed by atoms with van der Waals surface area (Å²) < 4.78 is 27.8. The molecule has 1 fully saturated rings. The smallest absolute Gasteiger partial charge is 0.240 e. The van der Waals surface area contributed by atoms with Gasteiger partial charge < -0.3 is 11.1 Å². The van der Waals surface area contributed by atoms with Crippen LogP contribution in [0, 0.1) is 12.8 Å². The maximum atomic E-state index is 12.6. The molecule has 1 saturated heterocycles. The lowest BCUT2D eigenvalue weighted by atomic mass is 9.98. The normalized spacial score (nSPS) is 16.9. The van der Waals surface area contributed by atoms with E-state index in [1.807, 2.05) is 30.0 Å². The standard InChI is InChI=1S/C23H30N4O4S2/c1-17-8-10-19(11-9-17)33(30,31)25-13-18-5-4-12-27(14-18)15-23(29)26-20-6-2-3-7-21(20)32-16-22(24)28/h2-3,6-11,18,25H,4-5,12-16H2,1H3,(H2,24,28)(H,26,29). The average Bonchev–Trinajstić information content (AvgIpc) is 2.77. The number of hydrogen-bond acceptors (Lipinski definition) is 6. The van der Waals surface area contributed by atoms with Crippen LogP contribution in [-0.2, 0) is 19.6 Å². The number of piperidine rings is 1. The number of thioether (sulfide) groups is 1. The van der Waals surface area contributed by atoms with Crippen molar-refractivity contribution in [3.8, 4) is 0 Å². The van der Waals surface area contributed by atoms with Gasteiger partial charge in [-0.2, -0.15) is 0 Å². The molecule has 0 aliphatic carbocycles. The molecule has 1 aliphatic rings. The van der Waals surface area contributed by atoms with E-state index < -0.39 is 15.9 Å². The molecule has 4 N–H and O–H groups in total. The van der Waals surface area contributed by atoms with Gasteiger partial charge in [-0.1, -0.05) is 29.8 Å². The molecule has 1 aliphatic heterocycles. The summed E-state index contributed by atoms with van der Waals surface area (Å²) in [4.78, 5) is 26.8. The van der Waals surface area contributed by atoms with Crippen LogP contribution in [-0.4, -0.2) is 57.1 Å². The second kappa shape index (κ2) is 11.6. The molecule has 1 unspecified atom stereocenters. The molecule has 178 valence electrons. The van der Waals surface area contributed by atoms with E-state index in [9.17, 15) is 18.0 Å². The van der Waals surface area contributed by atoms with Crippen LogP contribution in [0.4, 0.5) is 5.69 Å². The molecule has 2 aromatic carbocycles. The SMILES string of the molecule is Cc1ccc(S(=O)(=O)NCC2CCCN(CC(=O)Nc3ccccc3SCC(N)=O)C2)cc1. The van der Waals surface area contributed by atoms with Gasteiger partial charge in [0, 0.05) is 18.0 Å². The molecular formula is C23H30N4O4S2. The number of primary amides is 1. The van der Waals surface area contributed by atoms with E-state index in [2.05, 4.69) is 10.0 Å². The Kier molecular flexibility index (Phi) is 8.90. The summed E-state index contributed by atoms with van der Waals surface area (Å²) in [5, 5.41) is 2.91. The fourth-order valence-electron chi connectivity index (χ4n) is 3.73. The first-order chi connectivity index (χ1) is 15.7. The van der Waals surface area contributed by atoms with Crippen LogP contribution in [0.25, 0.3) is 0 Å². The maximum absolute atomic E-state index is 12.6. The van der Waals surface area contributed by atoms with E-state index >= 15 is 0 Å². The minimum absolute atomic E-state index is 0.130. The number of nitrogens with zero attached hydrogens (tertiary/aromatic N) is 1. The molecule has 0 aromatic heterocycles. The van der Waals surface area contributed by atoms with Crippen molar-refractivity contribution < 1.29 is 18.0 Å². The van der Waals surface area contributed by atoms with Gasteiger partial charge in [0.15, 0.2) is 0 Å². The number of benzene rings is 2. The lowest BCUT2D eigenvalue weighted by Crippen LogP contribution is -2.43. The van der Waals surface area contributed by atoms with Crippen LogP contribution in [0.1, 0.15) is 18.4 Å². The molecule has 8 nitrogen and oxygen atoms in total.